The quantitative estimate of drug-likeness (QED) is 0.792. The fraction of sp³-hybridized carbons (Fsp3) is 0.312. The summed E-state index contributed by atoms with van der Waals surface area (Å²) < 4.78 is 24.4. The highest BCUT2D eigenvalue weighted by atomic mass is 32.2. The topological polar surface area (TPSA) is 51.2 Å². The molecule has 0 spiro atoms. The summed E-state index contributed by atoms with van der Waals surface area (Å²) in [4.78, 5) is 13.5. The van der Waals surface area contributed by atoms with E-state index < -0.39 is 15.6 Å². The predicted molar refractivity (Wildman–Crippen MR) is 86.8 cm³/mol. The summed E-state index contributed by atoms with van der Waals surface area (Å²) in [5, 5.41) is 0. The number of aryl methyl sites for hydroxylation is 3. The van der Waals surface area contributed by atoms with Gasteiger partial charge in [-0.25, -0.2) is 8.42 Å². The van der Waals surface area contributed by atoms with Crippen molar-refractivity contribution in [3.05, 3.63) is 56.8 Å². The van der Waals surface area contributed by atoms with Crippen molar-refractivity contribution in [2.75, 3.05) is 5.75 Å². The summed E-state index contributed by atoms with van der Waals surface area (Å²) in [5.74, 6) is -0.844. The van der Waals surface area contributed by atoms with Crippen molar-refractivity contribution in [3.63, 3.8) is 0 Å². The lowest BCUT2D eigenvalue weighted by Gasteiger charge is -2.06. The Labute approximate surface area is 129 Å². The third kappa shape index (κ3) is 4.51. The molecule has 1 aromatic heterocycles. The van der Waals surface area contributed by atoms with Crippen LogP contribution >= 0.6 is 11.3 Å². The van der Waals surface area contributed by atoms with Gasteiger partial charge in [-0.05, 0) is 38.5 Å². The highest BCUT2D eigenvalue weighted by molar-refractivity contribution is 7.91. The largest absolute Gasteiger partial charge is 0.292 e. The molecular formula is C16H18O3S2. The summed E-state index contributed by atoms with van der Waals surface area (Å²) in [6.45, 7) is 5.76. The molecule has 112 valence electrons. The Balaban J connectivity index is 2.13. The van der Waals surface area contributed by atoms with Gasteiger partial charge in [0.1, 0.15) is 5.75 Å². The maximum Gasteiger partial charge on any atom is 0.187 e. The van der Waals surface area contributed by atoms with Gasteiger partial charge < -0.3 is 0 Å². The second-order valence-corrected chi connectivity index (χ2v) is 8.71. The van der Waals surface area contributed by atoms with Gasteiger partial charge >= 0.3 is 0 Å². The molecule has 0 aliphatic rings. The highest BCUT2D eigenvalue weighted by Gasteiger charge is 2.20. The van der Waals surface area contributed by atoms with Gasteiger partial charge in [-0.1, -0.05) is 29.3 Å². The Morgan fingerprint density at radius 1 is 1.05 bits per heavy atom. The fourth-order valence-electron chi connectivity index (χ4n) is 2.31. The maximum atomic E-state index is 12.2. The van der Waals surface area contributed by atoms with E-state index in [0.29, 0.717) is 4.88 Å². The molecule has 21 heavy (non-hydrogen) atoms. The van der Waals surface area contributed by atoms with Crippen molar-refractivity contribution < 1.29 is 13.2 Å². The van der Waals surface area contributed by atoms with E-state index in [0.717, 1.165) is 21.6 Å². The second kappa shape index (κ2) is 6.12. The predicted octanol–water partition coefficient (Wildman–Crippen LogP) is 3.47. The molecule has 0 unspecified atom stereocenters. The minimum absolute atomic E-state index is 0.0916. The lowest BCUT2D eigenvalue weighted by atomic mass is 10.1. The van der Waals surface area contributed by atoms with Crippen molar-refractivity contribution >= 4 is 27.0 Å². The number of benzene rings is 1. The molecule has 0 bridgehead atoms. The van der Waals surface area contributed by atoms with E-state index >= 15 is 0 Å². The molecule has 0 saturated carbocycles. The van der Waals surface area contributed by atoms with Crippen LogP contribution in [-0.2, 0) is 15.6 Å². The summed E-state index contributed by atoms with van der Waals surface area (Å²) >= 11 is 1.33. The SMILES string of the molecule is Cc1cc(C)cc(CS(=O)(=O)CC(=O)c2ccc(C)s2)c1. The van der Waals surface area contributed by atoms with Crippen LogP contribution < -0.4 is 0 Å². The number of Topliss-reactive ketones (excluding diaryl/α,β-unsaturated/α-hetero) is 1. The molecule has 3 nitrogen and oxygen atoms in total. The molecule has 1 heterocycles. The van der Waals surface area contributed by atoms with E-state index in [1.165, 1.54) is 11.3 Å². The first-order chi connectivity index (χ1) is 9.75. The smallest absolute Gasteiger partial charge is 0.187 e. The first-order valence-corrected chi connectivity index (χ1v) is 9.26. The van der Waals surface area contributed by atoms with Crippen molar-refractivity contribution in [1.29, 1.82) is 0 Å². The zero-order valence-electron chi connectivity index (χ0n) is 12.3. The van der Waals surface area contributed by atoms with E-state index in [9.17, 15) is 13.2 Å². The Morgan fingerprint density at radius 2 is 1.67 bits per heavy atom. The Kier molecular flexibility index (Phi) is 4.64. The third-order valence-electron chi connectivity index (χ3n) is 3.03. The van der Waals surface area contributed by atoms with Crippen LogP contribution in [0.3, 0.4) is 0 Å². The van der Waals surface area contributed by atoms with Gasteiger partial charge in [0.25, 0.3) is 0 Å². The normalized spacial score (nSPS) is 11.6. The first kappa shape index (κ1) is 15.9. The maximum absolute atomic E-state index is 12.2. The molecular weight excluding hydrogens is 304 g/mol. The van der Waals surface area contributed by atoms with Crippen molar-refractivity contribution in [2.45, 2.75) is 26.5 Å². The first-order valence-electron chi connectivity index (χ1n) is 6.62. The number of rotatable bonds is 5. The van der Waals surface area contributed by atoms with Crippen LogP contribution in [0.2, 0.25) is 0 Å². The lowest BCUT2D eigenvalue weighted by Crippen LogP contribution is -2.17. The van der Waals surface area contributed by atoms with Gasteiger partial charge in [0.15, 0.2) is 15.6 Å². The van der Waals surface area contributed by atoms with Crippen LogP contribution in [0.15, 0.2) is 30.3 Å². The van der Waals surface area contributed by atoms with Crippen molar-refractivity contribution in [2.24, 2.45) is 0 Å². The third-order valence-corrected chi connectivity index (χ3v) is 5.55. The molecule has 0 aliphatic heterocycles. The number of ketones is 1. The van der Waals surface area contributed by atoms with E-state index in [1.54, 1.807) is 6.07 Å². The molecule has 0 atom stereocenters. The number of sulfone groups is 1. The van der Waals surface area contributed by atoms with E-state index in [-0.39, 0.29) is 11.5 Å². The number of carbonyl (C=O) groups is 1. The van der Waals surface area contributed by atoms with E-state index in [4.69, 9.17) is 0 Å². The molecule has 0 aliphatic carbocycles. The minimum Gasteiger partial charge on any atom is -0.292 e. The van der Waals surface area contributed by atoms with Crippen LogP contribution in [0.1, 0.15) is 31.2 Å². The zero-order chi connectivity index (χ0) is 15.6. The monoisotopic (exact) mass is 322 g/mol. The average Bonchev–Trinajstić information content (AvgIpc) is 2.72. The molecule has 0 N–H and O–H groups in total. The average molecular weight is 322 g/mol. The number of hydrogen-bond donors (Lipinski definition) is 0. The molecule has 0 fully saturated rings. The fourth-order valence-corrected chi connectivity index (χ4v) is 4.54. The summed E-state index contributed by atoms with van der Waals surface area (Å²) in [6, 6.07) is 9.22. The summed E-state index contributed by atoms with van der Waals surface area (Å²) in [6.07, 6.45) is 0. The molecule has 2 rings (SSSR count). The summed E-state index contributed by atoms with van der Waals surface area (Å²) in [7, 11) is -3.45. The van der Waals surface area contributed by atoms with Crippen LogP contribution in [0, 0.1) is 20.8 Å². The molecule has 1 aromatic carbocycles. The van der Waals surface area contributed by atoms with Crippen molar-refractivity contribution in [3.8, 4) is 0 Å². The number of hydrogen-bond acceptors (Lipinski definition) is 4. The Bertz CT molecular complexity index is 750. The Morgan fingerprint density at radius 3 is 2.19 bits per heavy atom. The van der Waals surface area contributed by atoms with Gasteiger partial charge in [0, 0.05) is 4.88 Å². The van der Waals surface area contributed by atoms with Gasteiger partial charge in [0.05, 0.1) is 10.6 Å². The number of thiophene rings is 1. The van der Waals surface area contributed by atoms with Crippen LogP contribution in [0.4, 0.5) is 0 Å². The van der Waals surface area contributed by atoms with Crippen LogP contribution in [0.5, 0.6) is 0 Å². The van der Waals surface area contributed by atoms with Gasteiger partial charge in [0.2, 0.25) is 0 Å². The minimum atomic E-state index is -3.45. The van der Waals surface area contributed by atoms with Gasteiger partial charge in [-0.3, -0.25) is 4.79 Å². The van der Waals surface area contributed by atoms with E-state index in [2.05, 4.69) is 0 Å². The second-order valence-electron chi connectivity index (χ2n) is 5.36. The highest BCUT2D eigenvalue weighted by Crippen LogP contribution is 2.18. The molecule has 0 saturated heterocycles. The van der Waals surface area contributed by atoms with Crippen LogP contribution in [0.25, 0.3) is 0 Å². The zero-order valence-corrected chi connectivity index (χ0v) is 14.0. The lowest BCUT2D eigenvalue weighted by molar-refractivity contribution is 0.102. The van der Waals surface area contributed by atoms with E-state index in [1.807, 2.05) is 45.0 Å². The molecule has 0 amide bonds. The van der Waals surface area contributed by atoms with Crippen LogP contribution in [-0.4, -0.2) is 20.0 Å². The molecule has 2 aromatic rings. The Hall–Kier alpha value is -1.46. The molecule has 5 heteroatoms. The van der Waals surface area contributed by atoms with Gasteiger partial charge in [-0.15, -0.1) is 11.3 Å². The molecule has 0 radical (unpaired) electrons. The standard InChI is InChI=1S/C16H18O3S2/c1-11-6-12(2)8-14(7-11)9-21(18,19)10-15(17)16-5-4-13(3)20-16/h4-8H,9-10H2,1-3H3. The van der Waals surface area contributed by atoms with Crippen molar-refractivity contribution in [1.82, 2.24) is 0 Å². The number of carbonyl (C=O) groups excluding carboxylic acids is 1. The summed E-state index contributed by atoms with van der Waals surface area (Å²) in [5.41, 5.74) is 2.79. The van der Waals surface area contributed by atoms with Gasteiger partial charge in [-0.2, -0.15) is 0 Å².